The van der Waals surface area contributed by atoms with Crippen LogP contribution in [0.3, 0.4) is 0 Å². The Labute approximate surface area is 226 Å². The zero-order valence-electron chi connectivity index (χ0n) is 23.8. The third-order valence-electron chi connectivity index (χ3n) is 7.74. The van der Waals surface area contributed by atoms with E-state index in [1.165, 1.54) is 5.57 Å². The Kier molecular flexibility index (Phi) is 8.60. The summed E-state index contributed by atoms with van der Waals surface area (Å²) in [5, 5.41) is 11.3. The number of carbonyl (C=O) groups is 1. The Balaban J connectivity index is 1.38. The molecule has 1 aromatic carbocycles. The van der Waals surface area contributed by atoms with E-state index in [9.17, 15) is 9.90 Å². The van der Waals surface area contributed by atoms with Gasteiger partial charge in [-0.15, -0.1) is 0 Å². The summed E-state index contributed by atoms with van der Waals surface area (Å²) in [5.41, 5.74) is 0.343. The summed E-state index contributed by atoms with van der Waals surface area (Å²) in [6, 6.07) is 7.85. The van der Waals surface area contributed by atoms with Crippen LogP contribution in [0.2, 0.25) is 0 Å². The van der Waals surface area contributed by atoms with Crippen molar-refractivity contribution in [3.05, 3.63) is 41.5 Å². The van der Waals surface area contributed by atoms with Crippen molar-refractivity contribution in [1.82, 2.24) is 0 Å². The van der Waals surface area contributed by atoms with Gasteiger partial charge in [0.2, 0.25) is 6.29 Å². The lowest BCUT2D eigenvalue weighted by Gasteiger charge is -2.47. The maximum Gasteiger partial charge on any atom is 0.343 e. The Bertz CT molecular complexity index is 999. The minimum Gasteiger partial charge on any atom is -0.497 e. The first-order chi connectivity index (χ1) is 17.8. The fraction of sp³-hybridized carbons (Fsp3) is 0.700. The van der Waals surface area contributed by atoms with E-state index >= 15 is 0 Å². The normalized spacial score (nSPS) is 33.5. The molecule has 8 heteroatoms. The number of aliphatic hydroxyl groups excluding tert-OH is 1. The molecule has 2 saturated heterocycles. The zero-order valence-corrected chi connectivity index (χ0v) is 23.8. The van der Waals surface area contributed by atoms with Gasteiger partial charge in [-0.2, -0.15) is 0 Å². The highest BCUT2D eigenvalue weighted by Gasteiger charge is 2.58. The topological polar surface area (TPSA) is 92.7 Å². The Morgan fingerprint density at radius 1 is 1.13 bits per heavy atom. The minimum atomic E-state index is -1.50. The van der Waals surface area contributed by atoms with Crippen molar-refractivity contribution in [1.29, 1.82) is 0 Å². The Morgan fingerprint density at radius 3 is 2.45 bits per heavy atom. The van der Waals surface area contributed by atoms with Gasteiger partial charge in [0.25, 0.3) is 0 Å². The highest BCUT2D eigenvalue weighted by Crippen LogP contribution is 2.43. The van der Waals surface area contributed by atoms with E-state index < -0.39 is 41.3 Å². The lowest BCUT2D eigenvalue weighted by molar-refractivity contribution is -0.304. The number of ether oxygens (including phenoxy) is 6. The number of hydrogen-bond acceptors (Lipinski definition) is 8. The molecule has 3 heterocycles. The largest absolute Gasteiger partial charge is 0.497 e. The first-order valence-corrected chi connectivity index (χ1v) is 13.7. The third-order valence-corrected chi connectivity index (χ3v) is 7.74. The molecule has 3 aliphatic heterocycles. The first-order valence-electron chi connectivity index (χ1n) is 13.7. The fourth-order valence-electron chi connectivity index (χ4n) is 5.34. The SMILES string of the molecule is COc1ccc(COC[C@@H](C)[C@@H]2CC(C)=C[C@]3(CCC[C@@H](C(O)[C@]4(C)O[C@H](C(C)(C)C)OC4=O)O3)O2)cc1. The third kappa shape index (κ3) is 6.26. The number of cyclic esters (lactones) is 1. The van der Waals surface area contributed by atoms with Crippen molar-refractivity contribution in [2.24, 2.45) is 11.3 Å². The van der Waals surface area contributed by atoms with Crippen molar-refractivity contribution in [3.63, 3.8) is 0 Å². The Hall–Kier alpha value is -1.97. The van der Waals surface area contributed by atoms with Crippen LogP contribution in [0.25, 0.3) is 0 Å². The van der Waals surface area contributed by atoms with Crippen LogP contribution in [-0.2, 0) is 35.1 Å². The molecule has 8 nitrogen and oxygen atoms in total. The molecule has 1 spiro atoms. The molecule has 2 fully saturated rings. The second-order valence-corrected chi connectivity index (χ2v) is 12.3. The molecule has 7 atom stereocenters. The van der Waals surface area contributed by atoms with Crippen molar-refractivity contribution in [3.8, 4) is 5.75 Å². The molecule has 0 aromatic heterocycles. The second-order valence-electron chi connectivity index (χ2n) is 12.3. The maximum atomic E-state index is 12.8. The summed E-state index contributed by atoms with van der Waals surface area (Å²) < 4.78 is 35.8. The van der Waals surface area contributed by atoms with Crippen LogP contribution < -0.4 is 4.74 Å². The van der Waals surface area contributed by atoms with Gasteiger partial charge < -0.3 is 33.5 Å². The molecular formula is C30H44O8. The smallest absolute Gasteiger partial charge is 0.343 e. The van der Waals surface area contributed by atoms with Crippen molar-refractivity contribution >= 4 is 5.97 Å². The van der Waals surface area contributed by atoms with Gasteiger partial charge in [0, 0.05) is 17.8 Å². The predicted molar refractivity (Wildman–Crippen MR) is 141 cm³/mol. The number of esters is 1. The monoisotopic (exact) mass is 532 g/mol. The van der Waals surface area contributed by atoms with Crippen LogP contribution >= 0.6 is 0 Å². The molecular weight excluding hydrogens is 488 g/mol. The molecule has 0 bridgehead atoms. The van der Waals surface area contributed by atoms with Crippen LogP contribution in [-0.4, -0.2) is 60.8 Å². The second kappa shape index (κ2) is 11.3. The van der Waals surface area contributed by atoms with Crippen LogP contribution in [0.15, 0.2) is 35.9 Å². The van der Waals surface area contributed by atoms with Gasteiger partial charge in [-0.25, -0.2) is 4.79 Å². The molecule has 38 heavy (non-hydrogen) atoms. The minimum absolute atomic E-state index is 0.0969. The average Bonchev–Trinajstić information content (AvgIpc) is 3.19. The maximum absolute atomic E-state index is 12.8. The molecule has 3 aliphatic rings. The summed E-state index contributed by atoms with van der Waals surface area (Å²) in [6.07, 6.45) is 2.21. The van der Waals surface area contributed by atoms with Crippen LogP contribution in [0.4, 0.5) is 0 Å². The highest BCUT2D eigenvalue weighted by atomic mass is 16.8. The average molecular weight is 533 g/mol. The summed E-state index contributed by atoms with van der Waals surface area (Å²) in [4.78, 5) is 12.8. The number of benzene rings is 1. The molecule has 212 valence electrons. The Morgan fingerprint density at radius 2 is 1.82 bits per heavy atom. The number of rotatable bonds is 8. The van der Waals surface area contributed by atoms with Crippen molar-refractivity contribution < 1.29 is 38.3 Å². The van der Waals surface area contributed by atoms with E-state index in [1.807, 2.05) is 51.1 Å². The number of hydrogen-bond donors (Lipinski definition) is 1. The number of carbonyl (C=O) groups excluding carboxylic acids is 1. The quantitative estimate of drug-likeness (QED) is 0.373. The summed E-state index contributed by atoms with van der Waals surface area (Å²) in [6.45, 7) is 12.6. The zero-order chi connectivity index (χ0) is 27.7. The number of aliphatic hydroxyl groups is 1. The van der Waals surface area contributed by atoms with Crippen LogP contribution in [0.5, 0.6) is 5.75 Å². The van der Waals surface area contributed by atoms with E-state index in [1.54, 1.807) is 14.0 Å². The lowest BCUT2D eigenvalue weighted by atomic mass is 9.86. The van der Waals surface area contributed by atoms with Gasteiger partial charge in [-0.1, -0.05) is 45.4 Å². The molecule has 0 saturated carbocycles. The molecule has 1 unspecified atom stereocenters. The van der Waals surface area contributed by atoms with Gasteiger partial charge in [-0.3, -0.25) is 0 Å². The molecule has 0 aliphatic carbocycles. The van der Waals surface area contributed by atoms with E-state index in [0.29, 0.717) is 26.1 Å². The van der Waals surface area contributed by atoms with Crippen LogP contribution in [0, 0.1) is 11.3 Å². The molecule has 1 aromatic rings. The molecule has 4 rings (SSSR count). The van der Waals surface area contributed by atoms with Gasteiger partial charge in [0.05, 0.1) is 32.5 Å². The fourth-order valence-corrected chi connectivity index (χ4v) is 5.34. The molecule has 0 radical (unpaired) electrons. The van der Waals surface area contributed by atoms with Crippen molar-refractivity contribution in [2.75, 3.05) is 13.7 Å². The highest BCUT2D eigenvalue weighted by molar-refractivity contribution is 5.81. The summed E-state index contributed by atoms with van der Waals surface area (Å²) in [7, 11) is 1.65. The van der Waals surface area contributed by atoms with E-state index in [0.717, 1.165) is 24.2 Å². The van der Waals surface area contributed by atoms with E-state index in [-0.39, 0.29) is 12.0 Å². The van der Waals surface area contributed by atoms with E-state index in [4.69, 9.17) is 28.4 Å². The van der Waals surface area contributed by atoms with Crippen molar-refractivity contribution in [2.45, 2.75) is 110 Å². The predicted octanol–water partition coefficient (Wildman–Crippen LogP) is 4.91. The molecule has 1 N–H and O–H groups in total. The van der Waals surface area contributed by atoms with Gasteiger partial charge in [0.15, 0.2) is 11.4 Å². The van der Waals surface area contributed by atoms with Gasteiger partial charge >= 0.3 is 5.97 Å². The van der Waals surface area contributed by atoms with Gasteiger partial charge in [0.1, 0.15) is 11.9 Å². The summed E-state index contributed by atoms with van der Waals surface area (Å²) >= 11 is 0. The summed E-state index contributed by atoms with van der Waals surface area (Å²) in [5.74, 6) is -0.574. The molecule has 0 amide bonds. The van der Waals surface area contributed by atoms with Crippen LogP contribution in [0.1, 0.15) is 72.8 Å². The first kappa shape index (κ1) is 29.0. The standard InChI is InChI=1S/C30H44O8/c1-19-15-24(20(2)17-34-18-21-10-12-22(33-7)13-11-21)37-30(16-19)14-8-9-23(36-30)25(31)29(6)26(32)35-27(38-29)28(3,4)5/h10-13,16,20,23-25,27,31H,8-9,14-15,17-18H2,1-7H3/t20-,23+,24+,25?,27-,29+,30+/m1/s1. The van der Waals surface area contributed by atoms with E-state index in [2.05, 4.69) is 13.8 Å². The van der Waals surface area contributed by atoms with Gasteiger partial charge in [-0.05, 0) is 56.9 Å². The lowest BCUT2D eigenvalue weighted by Crippen LogP contribution is -2.57. The number of methoxy groups -OCH3 is 1.